The first-order chi connectivity index (χ1) is 12.7. The van der Waals surface area contributed by atoms with Gasteiger partial charge in [-0.3, -0.25) is 5.10 Å². The van der Waals surface area contributed by atoms with Crippen molar-refractivity contribution in [2.75, 3.05) is 0 Å². The van der Waals surface area contributed by atoms with Crippen molar-refractivity contribution in [3.05, 3.63) is 53.4 Å². The molecule has 0 saturated heterocycles. The Kier molecular flexibility index (Phi) is 3.47. The predicted octanol–water partition coefficient (Wildman–Crippen LogP) is 4.59. The largest absolute Gasteiger partial charge is 0.259 e. The van der Waals surface area contributed by atoms with Crippen LogP contribution >= 0.6 is 22.7 Å². The zero-order valence-electron chi connectivity index (χ0n) is 14.1. The third-order valence-electron chi connectivity index (χ3n) is 4.16. The third kappa shape index (κ3) is 2.38. The molecule has 0 radical (unpaired) electrons. The molecule has 26 heavy (non-hydrogen) atoms. The fraction of sp³-hybridized carbons (Fsp3) is 0.111. The molecule has 128 valence electrons. The molecule has 0 aliphatic rings. The summed E-state index contributed by atoms with van der Waals surface area (Å²) in [5.74, 6) is 0.740. The Hall–Kier alpha value is -2.84. The quantitative estimate of drug-likeness (QED) is 0.498. The average Bonchev–Trinajstić information content (AvgIpc) is 3.39. The summed E-state index contributed by atoms with van der Waals surface area (Å²) < 4.78 is 1.90. The average molecular weight is 378 g/mol. The van der Waals surface area contributed by atoms with E-state index in [4.69, 9.17) is 4.98 Å². The topological polar surface area (TPSA) is 71.8 Å². The second kappa shape index (κ2) is 5.86. The molecule has 5 heterocycles. The second-order valence-corrected chi connectivity index (χ2v) is 8.22. The lowest BCUT2D eigenvalue weighted by Crippen LogP contribution is -1.83. The fourth-order valence-electron chi connectivity index (χ4n) is 3.01. The minimum absolute atomic E-state index is 0.740. The summed E-state index contributed by atoms with van der Waals surface area (Å²) in [5, 5.41) is 12.5. The molecule has 5 aromatic rings. The van der Waals surface area contributed by atoms with Crippen LogP contribution in [0.3, 0.4) is 0 Å². The predicted molar refractivity (Wildman–Crippen MR) is 104 cm³/mol. The highest BCUT2D eigenvalue weighted by atomic mass is 32.1. The van der Waals surface area contributed by atoms with Gasteiger partial charge in [-0.15, -0.1) is 22.7 Å². The summed E-state index contributed by atoms with van der Waals surface area (Å²) in [4.78, 5) is 12.7. The first-order valence-electron chi connectivity index (χ1n) is 8.08. The van der Waals surface area contributed by atoms with E-state index in [-0.39, 0.29) is 0 Å². The summed E-state index contributed by atoms with van der Waals surface area (Å²) in [5.41, 5.74) is 4.02. The third-order valence-corrected chi connectivity index (χ3v) is 6.25. The van der Waals surface area contributed by atoms with Crippen molar-refractivity contribution in [1.82, 2.24) is 29.8 Å². The number of hydrogen-bond donors (Lipinski definition) is 1. The monoisotopic (exact) mass is 378 g/mol. The van der Waals surface area contributed by atoms with Gasteiger partial charge in [-0.1, -0.05) is 6.07 Å². The molecular weight excluding hydrogens is 364 g/mol. The molecule has 1 N–H and O–H groups in total. The zero-order valence-corrected chi connectivity index (χ0v) is 15.7. The van der Waals surface area contributed by atoms with Gasteiger partial charge in [0.1, 0.15) is 21.9 Å². The molecule has 0 amide bonds. The lowest BCUT2D eigenvalue weighted by atomic mass is 10.2. The normalized spacial score (nSPS) is 11.5. The Morgan fingerprint density at radius 1 is 1.08 bits per heavy atom. The molecule has 8 heteroatoms. The summed E-state index contributed by atoms with van der Waals surface area (Å²) in [6.07, 6.45) is 3.49. The number of pyridine rings is 1. The van der Waals surface area contributed by atoms with Crippen molar-refractivity contribution in [2.24, 2.45) is 0 Å². The van der Waals surface area contributed by atoms with E-state index in [0.29, 0.717) is 0 Å². The number of nitrogens with zero attached hydrogens (tertiary/aromatic N) is 5. The molecule has 0 bridgehead atoms. The van der Waals surface area contributed by atoms with Gasteiger partial charge in [0.2, 0.25) is 0 Å². The number of hydrogen-bond acceptors (Lipinski definition) is 6. The standard InChI is InChI=1S/C18H14N6S2/c1-10-6-7-13(25-10)15-16(17-19-9-20-22-17)26-18(21-15)14-11(2)23-24-8-4-3-5-12(14)24/h3-9H,1-2H3,(H,19,20,22). The lowest BCUT2D eigenvalue weighted by molar-refractivity contribution is 0.934. The van der Waals surface area contributed by atoms with E-state index in [0.717, 1.165) is 43.1 Å². The first-order valence-corrected chi connectivity index (χ1v) is 9.72. The van der Waals surface area contributed by atoms with E-state index in [1.54, 1.807) is 22.7 Å². The Morgan fingerprint density at radius 3 is 2.77 bits per heavy atom. The van der Waals surface area contributed by atoms with Crippen LogP contribution in [0.15, 0.2) is 42.9 Å². The van der Waals surface area contributed by atoms with E-state index >= 15 is 0 Å². The number of thiazole rings is 1. The van der Waals surface area contributed by atoms with Gasteiger partial charge in [0.05, 0.1) is 21.7 Å². The van der Waals surface area contributed by atoms with Gasteiger partial charge >= 0.3 is 0 Å². The maximum Gasteiger partial charge on any atom is 0.167 e. The molecule has 0 unspecified atom stereocenters. The van der Waals surface area contributed by atoms with Crippen LogP contribution in [-0.4, -0.2) is 29.8 Å². The Morgan fingerprint density at radius 2 is 2.00 bits per heavy atom. The van der Waals surface area contributed by atoms with Gasteiger partial charge in [-0.2, -0.15) is 10.2 Å². The number of aryl methyl sites for hydroxylation is 2. The fourth-order valence-corrected chi connectivity index (χ4v) is 5.07. The molecule has 0 aliphatic heterocycles. The van der Waals surface area contributed by atoms with Crippen molar-refractivity contribution in [3.63, 3.8) is 0 Å². The number of thiophene rings is 1. The summed E-state index contributed by atoms with van der Waals surface area (Å²) >= 11 is 3.35. The maximum atomic E-state index is 4.99. The molecule has 5 aromatic heterocycles. The number of aromatic amines is 1. The second-order valence-electron chi connectivity index (χ2n) is 5.93. The van der Waals surface area contributed by atoms with Crippen LogP contribution in [0.4, 0.5) is 0 Å². The summed E-state index contributed by atoms with van der Waals surface area (Å²) in [6.45, 7) is 4.12. The van der Waals surface area contributed by atoms with Crippen LogP contribution in [0.1, 0.15) is 10.6 Å². The van der Waals surface area contributed by atoms with E-state index in [1.807, 2.05) is 29.8 Å². The van der Waals surface area contributed by atoms with Gasteiger partial charge in [-0.05, 0) is 38.1 Å². The minimum atomic E-state index is 0.740. The van der Waals surface area contributed by atoms with Crippen LogP contribution in [0.5, 0.6) is 0 Å². The smallest absolute Gasteiger partial charge is 0.167 e. The SMILES string of the molecule is Cc1ccc(-c2nc(-c3c(C)nn4ccccc34)sc2-c2ncn[nH]2)s1. The van der Waals surface area contributed by atoms with Crippen LogP contribution in [0, 0.1) is 13.8 Å². The van der Waals surface area contributed by atoms with Gasteiger partial charge in [0.15, 0.2) is 5.82 Å². The van der Waals surface area contributed by atoms with Crippen molar-refractivity contribution in [3.8, 4) is 31.8 Å². The van der Waals surface area contributed by atoms with E-state index in [2.05, 4.69) is 45.4 Å². The molecule has 0 saturated carbocycles. The minimum Gasteiger partial charge on any atom is -0.259 e. The molecule has 6 nitrogen and oxygen atoms in total. The number of rotatable bonds is 3. The highest BCUT2D eigenvalue weighted by molar-refractivity contribution is 7.20. The molecule has 0 aromatic carbocycles. The van der Waals surface area contributed by atoms with E-state index in [9.17, 15) is 0 Å². The van der Waals surface area contributed by atoms with Crippen molar-refractivity contribution in [1.29, 1.82) is 0 Å². The van der Waals surface area contributed by atoms with E-state index in [1.165, 1.54) is 11.2 Å². The number of fused-ring (bicyclic) bond motifs is 1. The van der Waals surface area contributed by atoms with Crippen LogP contribution in [0.2, 0.25) is 0 Å². The van der Waals surface area contributed by atoms with Gasteiger partial charge in [-0.25, -0.2) is 14.5 Å². The highest BCUT2D eigenvalue weighted by Crippen LogP contribution is 2.42. The van der Waals surface area contributed by atoms with Crippen LogP contribution in [0.25, 0.3) is 37.4 Å². The number of aromatic nitrogens is 6. The highest BCUT2D eigenvalue weighted by Gasteiger charge is 2.22. The molecule has 0 fully saturated rings. The van der Waals surface area contributed by atoms with Gasteiger partial charge in [0, 0.05) is 11.1 Å². The Balaban J connectivity index is 1.77. The zero-order chi connectivity index (χ0) is 17.7. The van der Waals surface area contributed by atoms with Crippen molar-refractivity contribution < 1.29 is 0 Å². The lowest BCUT2D eigenvalue weighted by Gasteiger charge is -1.95. The molecule has 0 spiro atoms. The van der Waals surface area contributed by atoms with Gasteiger partial charge < -0.3 is 0 Å². The maximum absolute atomic E-state index is 4.99. The van der Waals surface area contributed by atoms with Crippen LogP contribution in [-0.2, 0) is 0 Å². The number of nitrogens with one attached hydrogen (secondary N) is 1. The Bertz CT molecular complexity index is 1210. The molecule has 5 rings (SSSR count). The van der Waals surface area contributed by atoms with Crippen molar-refractivity contribution in [2.45, 2.75) is 13.8 Å². The molecule has 0 aliphatic carbocycles. The number of H-pyrrole nitrogens is 1. The summed E-state index contributed by atoms with van der Waals surface area (Å²) in [7, 11) is 0. The van der Waals surface area contributed by atoms with Crippen molar-refractivity contribution >= 4 is 28.2 Å². The Labute approximate surface area is 157 Å². The molecular formula is C18H14N6S2. The van der Waals surface area contributed by atoms with Gasteiger partial charge in [0.25, 0.3) is 0 Å². The first kappa shape index (κ1) is 15.4. The van der Waals surface area contributed by atoms with Crippen LogP contribution < -0.4 is 0 Å². The summed E-state index contributed by atoms with van der Waals surface area (Å²) in [6, 6.07) is 10.3. The molecule has 0 atom stereocenters. The van der Waals surface area contributed by atoms with E-state index < -0.39 is 0 Å².